The van der Waals surface area contributed by atoms with E-state index in [4.69, 9.17) is 9.47 Å². The summed E-state index contributed by atoms with van der Waals surface area (Å²) in [7, 11) is -0.931. The third kappa shape index (κ3) is 4.76. The lowest BCUT2D eigenvalue weighted by molar-refractivity contribution is 0.386. The van der Waals surface area contributed by atoms with Gasteiger partial charge in [-0.2, -0.15) is 0 Å². The van der Waals surface area contributed by atoms with Crippen LogP contribution < -0.4 is 19.5 Å². The van der Waals surface area contributed by atoms with E-state index in [2.05, 4.69) is 28.9 Å². The number of hydrogen-bond acceptors (Lipinski definition) is 6. The summed E-state index contributed by atoms with van der Waals surface area (Å²) in [6.07, 6.45) is 2.57. The number of rotatable bonds is 8. The van der Waals surface area contributed by atoms with Crippen LogP contribution in [0.15, 0.2) is 41.4 Å². The molecule has 1 atom stereocenters. The minimum Gasteiger partial charge on any atom is -0.497 e. The molecule has 0 amide bonds. The van der Waals surface area contributed by atoms with Gasteiger partial charge in [-0.25, -0.2) is 13.4 Å². The van der Waals surface area contributed by atoms with Crippen molar-refractivity contribution >= 4 is 21.5 Å². The van der Waals surface area contributed by atoms with Crippen molar-refractivity contribution in [3.8, 4) is 11.5 Å². The van der Waals surface area contributed by atoms with E-state index in [-0.39, 0.29) is 16.5 Å². The minimum absolute atomic E-state index is 0.0133. The Morgan fingerprint density at radius 1 is 1.16 bits per heavy atom. The van der Waals surface area contributed by atoms with Crippen molar-refractivity contribution in [2.75, 3.05) is 24.3 Å². The molecule has 8 heteroatoms. The summed E-state index contributed by atoms with van der Waals surface area (Å²) in [6.45, 7) is 4.14. The number of nitrogens with one attached hydrogen (secondary N) is 2. The number of benzene rings is 1. The van der Waals surface area contributed by atoms with Crippen LogP contribution in [0.1, 0.15) is 20.3 Å². The summed E-state index contributed by atoms with van der Waals surface area (Å²) in [6, 6.07) is 8.21. The molecule has 0 spiro atoms. The van der Waals surface area contributed by atoms with Gasteiger partial charge in [-0.15, -0.1) is 0 Å². The van der Waals surface area contributed by atoms with Gasteiger partial charge in [0, 0.05) is 12.1 Å². The van der Waals surface area contributed by atoms with Gasteiger partial charge in [-0.1, -0.05) is 6.92 Å². The van der Waals surface area contributed by atoms with Crippen molar-refractivity contribution in [3.63, 3.8) is 0 Å². The van der Waals surface area contributed by atoms with Crippen LogP contribution >= 0.6 is 0 Å². The van der Waals surface area contributed by atoms with Crippen LogP contribution in [0, 0.1) is 0 Å². The summed E-state index contributed by atoms with van der Waals surface area (Å²) in [5, 5.41) is 3.27. The molecule has 0 aliphatic heterocycles. The van der Waals surface area contributed by atoms with Gasteiger partial charge >= 0.3 is 0 Å². The second-order valence-electron chi connectivity index (χ2n) is 5.51. The van der Waals surface area contributed by atoms with Gasteiger partial charge in [0.25, 0.3) is 10.0 Å². The maximum atomic E-state index is 12.6. The Morgan fingerprint density at radius 3 is 2.48 bits per heavy atom. The zero-order valence-electron chi connectivity index (χ0n) is 14.7. The standard InChI is InChI=1S/C17H23N3O4S/c1-5-12(2)19-13-6-9-17(18-11-13)20-25(21,22)16-8-7-14(23-3)10-15(16)24-4/h6-12,19H,5H2,1-4H3,(H,18,20). The molecule has 2 rings (SSSR count). The predicted octanol–water partition coefficient (Wildman–Crippen LogP) is 3.11. The first-order chi connectivity index (χ1) is 11.9. The predicted molar refractivity (Wildman–Crippen MR) is 98.0 cm³/mol. The van der Waals surface area contributed by atoms with Crippen LogP contribution in [0.3, 0.4) is 0 Å². The fourth-order valence-corrected chi connectivity index (χ4v) is 3.28. The smallest absolute Gasteiger partial charge is 0.266 e. The molecule has 0 bridgehead atoms. The maximum Gasteiger partial charge on any atom is 0.266 e. The Bertz CT molecular complexity index is 807. The largest absolute Gasteiger partial charge is 0.497 e. The van der Waals surface area contributed by atoms with Crippen LogP contribution in [0.5, 0.6) is 11.5 Å². The molecular weight excluding hydrogens is 342 g/mol. The van der Waals surface area contributed by atoms with Crippen LogP contribution in [0.4, 0.5) is 11.5 Å². The van der Waals surface area contributed by atoms with E-state index in [1.165, 1.54) is 26.4 Å². The highest BCUT2D eigenvalue weighted by atomic mass is 32.2. The Balaban J connectivity index is 2.21. The number of pyridine rings is 1. The van der Waals surface area contributed by atoms with Gasteiger partial charge in [-0.05, 0) is 37.6 Å². The number of nitrogens with zero attached hydrogens (tertiary/aromatic N) is 1. The molecule has 2 N–H and O–H groups in total. The second-order valence-corrected chi connectivity index (χ2v) is 7.16. The number of aromatic nitrogens is 1. The molecule has 7 nitrogen and oxygen atoms in total. The summed E-state index contributed by atoms with van der Waals surface area (Å²) < 4.78 is 37.9. The van der Waals surface area contributed by atoms with Crippen LogP contribution in [-0.4, -0.2) is 33.7 Å². The zero-order chi connectivity index (χ0) is 18.4. The molecule has 25 heavy (non-hydrogen) atoms. The first kappa shape index (κ1) is 18.9. The highest BCUT2D eigenvalue weighted by molar-refractivity contribution is 7.92. The highest BCUT2D eigenvalue weighted by Crippen LogP contribution is 2.29. The van der Waals surface area contributed by atoms with Crippen molar-refractivity contribution in [2.24, 2.45) is 0 Å². The van der Waals surface area contributed by atoms with Gasteiger partial charge in [0.2, 0.25) is 0 Å². The number of ether oxygens (including phenoxy) is 2. The second kappa shape index (κ2) is 8.06. The summed E-state index contributed by atoms with van der Waals surface area (Å²) >= 11 is 0. The summed E-state index contributed by atoms with van der Waals surface area (Å²) in [4.78, 5) is 4.16. The first-order valence-corrected chi connectivity index (χ1v) is 9.35. The minimum atomic E-state index is -3.84. The molecule has 0 radical (unpaired) electrons. The van der Waals surface area contributed by atoms with E-state index < -0.39 is 10.0 Å². The fraction of sp³-hybridized carbons (Fsp3) is 0.353. The van der Waals surface area contributed by atoms with Crippen molar-refractivity contribution < 1.29 is 17.9 Å². The zero-order valence-corrected chi connectivity index (χ0v) is 15.6. The van der Waals surface area contributed by atoms with Crippen LogP contribution in [0.2, 0.25) is 0 Å². The van der Waals surface area contributed by atoms with Crippen molar-refractivity contribution in [3.05, 3.63) is 36.5 Å². The van der Waals surface area contributed by atoms with E-state index >= 15 is 0 Å². The monoisotopic (exact) mass is 365 g/mol. The van der Waals surface area contributed by atoms with E-state index in [0.717, 1.165) is 12.1 Å². The molecule has 1 aromatic carbocycles. The van der Waals surface area contributed by atoms with Gasteiger partial charge in [0.15, 0.2) is 0 Å². The molecule has 1 heterocycles. The number of hydrogen-bond donors (Lipinski definition) is 2. The lowest BCUT2D eigenvalue weighted by atomic mass is 10.2. The first-order valence-electron chi connectivity index (χ1n) is 7.87. The molecular formula is C17H23N3O4S. The molecule has 0 saturated heterocycles. The Labute approximate surface area is 148 Å². The van der Waals surface area contributed by atoms with E-state index in [0.29, 0.717) is 11.8 Å². The third-order valence-corrected chi connectivity index (χ3v) is 5.08. The molecule has 1 aromatic heterocycles. The van der Waals surface area contributed by atoms with Gasteiger partial charge in [0.1, 0.15) is 22.2 Å². The van der Waals surface area contributed by atoms with Crippen molar-refractivity contribution in [1.29, 1.82) is 0 Å². The molecule has 0 saturated carbocycles. The van der Waals surface area contributed by atoms with Crippen molar-refractivity contribution in [1.82, 2.24) is 4.98 Å². The average molecular weight is 365 g/mol. The molecule has 0 aliphatic carbocycles. The fourth-order valence-electron chi connectivity index (χ4n) is 2.12. The van der Waals surface area contributed by atoms with Crippen molar-refractivity contribution in [2.45, 2.75) is 31.2 Å². The SMILES string of the molecule is CCC(C)Nc1ccc(NS(=O)(=O)c2ccc(OC)cc2OC)nc1. The number of sulfonamides is 1. The van der Waals surface area contributed by atoms with E-state index in [1.54, 1.807) is 24.4 Å². The average Bonchev–Trinajstić information content (AvgIpc) is 2.62. The third-order valence-electron chi connectivity index (χ3n) is 3.69. The Hall–Kier alpha value is -2.48. The number of methoxy groups -OCH3 is 2. The maximum absolute atomic E-state index is 12.6. The summed E-state index contributed by atoms with van der Waals surface area (Å²) in [5.74, 6) is 0.934. The molecule has 0 fully saturated rings. The highest BCUT2D eigenvalue weighted by Gasteiger charge is 2.20. The Morgan fingerprint density at radius 2 is 1.92 bits per heavy atom. The normalized spacial score (nSPS) is 12.3. The van der Waals surface area contributed by atoms with Crippen LogP contribution in [0.25, 0.3) is 0 Å². The lowest BCUT2D eigenvalue weighted by Crippen LogP contribution is -2.16. The van der Waals surface area contributed by atoms with Gasteiger partial charge in [-0.3, -0.25) is 4.72 Å². The molecule has 2 aromatic rings. The van der Waals surface area contributed by atoms with E-state index in [9.17, 15) is 8.42 Å². The Kier molecular flexibility index (Phi) is 6.08. The van der Waals surface area contributed by atoms with Crippen LogP contribution in [-0.2, 0) is 10.0 Å². The van der Waals surface area contributed by atoms with Gasteiger partial charge < -0.3 is 14.8 Å². The van der Waals surface area contributed by atoms with Gasteiger partial charge in [0.05, 0.1) is 26.1 Å². The topological polar surface area (TPSA) is 89.5 Å². The number of anilines is 2. The quantitative estimate of drug-likeness (QED) is 0.747. The molecule has 1 unspecified atom stereocenters. The lowest BCUT2D eigenvalue weighted by Gasteiger charge is -2.14. The molecule has 136 valence electrons. The molecule has 0 aliphatic rings. The summed E-state index contributed by atoms with van der Waals surface area (Å²) in [5.41, 5.74) is 0.833. The van der Waals surface area contributed by atoms with E-state index in [1.807, 2.05) is 0 Å².